The van der Waals surface area contributed by atoms with Crippen molar-refractivity contribution >= 4 is 39.4 Å². The second-order valence-electron chi connectivity index (χ2n) is 6.67. The Kier molecular flexibility index (Phi) is 9.34. The van der Waals surface area contributed by atoms with Crippen molar-refractivity contribution in [3.63, 3.8) is 0 Å². The molecule has 0 saturated heterocycles. The highest BCUT2D eigenvalue weighted by Gasteiger charge is 2.17. The highest BCUT2D eigenvalue weighted by molar-refractivity contribution is 9.10. The van der Waals surface area contributed by atoms with Crippen LogP contribution in [-0.2, 0) is 14.3 Å². The van der Waals surface area contributed by atoms with Gasteiger partial charge in [0, 0.05) is 16.2 Å². The first-order valence-corrected chi connectivity index (χ1v) is 10.4. The number of carbonyl (C=O) groups is 3. The van der Waals surface area contributed by atoms with Gasteiger partial charge in [0.2, 0.25) is 0 Å². The zero-order valence-electron chi connectivity index (χ0n) is 16.9. The average molecular weight is 477 g/mol. The molecule has 0 fully saturated rings. The van der Waals surface area contributed by atoms with Gasteiger partial charge in [-0.3, -0.25) is 9.59 Å². The smallest absolute Gasteiger partial charge is 0.342 e. The standard InChI is InChI=1S/C22H25BrN2O5/c1-3-6-15(2)24-20(26)14-30-22(28)18-7-4-5-8-19(18)29-13-21(27)25-17-11-9-16(23)10-12-17/h4-5,7-12,15H,3,6,13-14H2,1-2H3,(H,24,26)(H,25,27). The van der Waals surface area contributed by atoms with Crippen LogP contribution in [0.4, 0.5) is 5.69 Å². The van der Waals surface area contributed by atoms with Crippen LogP contribution in [0.2, 0.25) is 0 Å². The number of para-hydroxylation sites is 1. The Labute approximate surface area is 184 Å². The van der Waals surface area contributed by atoms with Crippen LogP contribution in [0, 0.1) is 0 Å². The van der Waals surface area contributed by atoms with Crippen molar-refractivity contribution < 1.29 is 23.9 Å². The third-order valence-corrected chi connectivity index (χ3v) is 4.59. The predicted octanol–water partition coefficient (Wildman–Crippen LogP) is 3.93. The molecule has 2 N–H and O–H groups in total. The van der Waals surface area contributed by atoms with Crippen LogP contribution in [0.1, 0.15) is 37.0 Å². The van der Waals surface area contributed by atoms with Gasteiger partial charge in [-0.2, -0.15) is 0 Å². The molecular weight excluding hydrogens is 452 g/mol. The summed E-state index contributed by atoms with van der Waals surface area (Å²) in [4.78, 5) is 36.4. The van der Waals surface area contributed by atoms with E-state index in [9.17, 15) is 14.4 Å². The van der Waals surface area contributed by atoms with Gasteiger partial charge in [-0.25, -0.2) is 4.79 Å². The number of carbonyl (C=O) groups excluding carboxylic acids is 3. The lowest BCUT2D eigenvalue weighted by molar-refractivity contribution is -0.124. The molecule has 30 heavy (non-hydrogen) atoms. The summed E-state index contributed by atoms with van der Waals surface area (Å²) in [6, 6.07) is 13.5. The Bertz CT molecular complexity index is 870. The zero-order valence-corrected chi connectivity index (χ0v) is 18.5. The van der Waals surface area contributed by atoms with Crippen molar-refractivity contribution in [3.8, 4) is 5.75 Å². The summed E-state index contributed by atoms with van der Waals surface area (Å²) >= 11 is 3.33. The molecule has 7 nitrogen and oxygen atoms in total. The minimum Gasteiger partial charge on any atom is -0.483 e. The Morgan fingerprint density at radius 3 is 2.40 bits per heavy atom. The third kappa shape index (κ3) is 7.87. The van der Waals surface area contributed by atoms with Crippen LogP contribution >= 0.6 is 15.9 Å². The van der Waals surface area contributed by atoms with E-state index < -0.39 is 5.97 Å². The lowest BCUT2D eigenvalue weighted by Crippen LogP contribution is -2.35. The quantitative estimate of drug-likeness (QED) is 0.506. The summed E-state index contributed by atoms with van der Waals surface area (Å²) in [5.41, 5.74) is 0.770. The molecule has 2 aromatic carbocycles. The lowest BCUT2D eigenvalue weighted by Gasteiger charge is -2.14. The van der Waals surface area contributed by atoms with Gasteiger partial charge in [-0.05, 0) is 49.7 Å². The minimum absolute atomic E-state index is 0.0149. The summed E-state index contributed by atoms with van der Waals surface area (Å²) in [7, 11) is 0. The van der Waals surface area contributed by atoms with E-state index in [1.807, 2.05) is 13.8 Å². The van der Waals surface area contributed by atoms with E-state index in [1.54, 1.807) is 42.5 Å². The van der Waals surface area contributed by atoms with E-state index >= 15 is 0 Å². The second kappa shape index (κ2) is 12.0. The van der Waals surface area contributed by atoms with E-state index in [4.69, 9.17) is 9.47 Å². The average Bonchev–Trinajstić information content (AvgIpc) is 2.72. The van der Waals surface area contributed by atoms with Crippen LogP contribution in [-0.4, -0.2) is 37.0 Å². The molecule has 0 aliphatic rings. The number of anilines is 1. The van der Waals surface area contributed by atoms with Gasteiger partial charge in [0.15, 0.2) is 13.2 Å². The van der Waals surface area contributed by atoms with E-state index in [0.717, 1.165) is 17.3 Å². The largest absolute Gasteiger partial charge is 0.483 e. The van der Waals surface area contributed by atoms with E-state index in [2.05, 4.69) is 26.6 Å². The summed E-state index contributed by atoms with van der Waals surface area (Å²) in [5, 5.41) is 5.47. The third-order valence-electron chi connectivity index (χ3n) is 4.06. The number of benzene rings is 2. The van der Waals surface area contributed by atoms with Gasteiger partial charge in [0.05, 0.1) is 0 Å². The number of ether oxygens (including phenoxy) is 2. The number of esters is 1. The molecule has 1 atom stereocenters. The summed E-state index contributed by atoms with van der Waals surface area (Å²) in [6.07, 6.45) is 1.79. The second-order valence-corrected chi connectivity index (χ2v) is 7.59. The van der Waals surface area contributed by atoms with Gasteiger partial charge < -0.3 is 20.1 Å². The summed E-state index contributed by atoms with van der Waals surface area (Å²) in [6.45, 7) is 3.26. The maximum absolute atomic E-state index is 12.4. The normalized spacial score (nSPS) is 11.3. The van der Waals surface area contributed by atoms with Gasteiger partial charge in [0.25, 0.3) is 11.8 Å². The molecule has 2 amide bonds. The molecule has 8 heteroatoms. The van der Waals surface area contributed by atoms with Gasteiger partial charge in [0.1, 0.15) is 11.3 Å². The van der Waals surface area contributed by atoms with Crippen molar-refractivity contribution in [2.45, 2.75) is 32.7 Å². The topological polar surface area (TPSA) is 93.7 Å². The first kappa shape index (κ1) is 23.4. The van der Waals surface area contributed by atoms with Crippen molar-refractivity contribution in [1.82, 2.24) is 5.32 Å². The monoisotopic (exact) mass is 476 g/mol. The van der Waals surface area contributed by atoms with E-state index in [-0.39, 0.29) is 42.4 Å². The Hall–Kier alpha value is -2.87. The van der Waals surface area contributed by atoms with Crippen LogP contribution in [0.5, 0.6) is 5.75 Å². The first-order valence-electron chi connectivity index (χ1n) is 9.62. The molecule has 0 aliphatic heterocycles. The molecule has 0 aliphatic carbocycles. The number of amides is 2. The number of hydrogen-bond donors (Lipinski definition) is 2. The van der Waals surface area contributed by atoms with Crippen molar-refractivity contribution in [2.24, 2.45) is 0 Å². The highest BCUT2D eigenvalue weighted by Crippen LogP contribution is 2.19. The molecule has 2 rings (SSSR count). The highest BCUT2D eigenvalue weighted by atomic mass is 79.9. The number of nitrogens with one attached hydrogen (secondary N) is 2. The van der Waals surface area contributed by atoms with Crippen molar-refractivity contribution in [1.29, 1.82) is 0 Å². The molecule has 0 spiro atoms. The van der Waals surface area contributed by atoms with Gasteiger partial charge >= 0.3 is 5.97 Å². The van der Waals surface area contributed by atoms with Crippen LogP contribution in [0.15, 0.2) is 53.0 Å². The Morgan fingerprint density at radius 2 is 1.70 bits per heavy atom. The molecule has 0 radical (unpaired) electrons. The molecular formula is C22H25BrN2O5. The lowest BCUT2D eigenvalue weighted by atomic mass is 10.2. The van der Waals surface area contributed by atoms with Gasteiger partial charge in [-0.1, -0.05) is 41.4 Å². The molecule has 1 unspecified atom stereocenters. The van der Waals surface area contributed by atoms with Crippen LogP contribution < -0.4 is 15.4 Å². The van der Waals surface area contributed by atoms with Gasteiger partial charge in [-0.15, -0.1) is 0 Å². The SMILES string of the molecule is CCCC(C)NC(=O)COC(=O)c1ccccc1OCC(=O)Nc1ccc(Br)cc1. The fraction of sp³-hybridized carbons (Fsp3) is 0.318. The fourth-order valence-electron chi connectivity index (χ4n) is 2.67. The van der Waals surface area contributed by atoms with Crippen LogP contribution in [0.3, 0.4) is 0 Å². The molecule has 0 saturated carbocycles. The molecule has 0 heterocycles. The zero-order chi connectivity index (χ0) is 21.9. The van der Waals surface area contributed by atoms with Crippen molar-refractivity contribution in [3.05, 3.63) is 58.6 Å². The first-order chi connectivity index (χ1) is 14.4. The minimum atomic E-state index is -0.697. The molecule has 0 bridgehead atoms. The molecule has 0 aromatic heterocycles. The van der Waals surface area contributed by atoms with E-state index in [0.29, 0.717) is 5.69 Å². The molecule has 2 aromatic rings. The maximum atomic E-state index is 12.4. The fourth-order valence-corrected chi connectivity index (χ4v) is 2.93. The number of halogens is 1. The Morgan fingerprint density at radius 1 is 1.00 bits per heavy atom. The Balaban J connectivity index is 1.88. The van der Waals surface area contributed by atoms with Crippen molar-refractivity contribution in [2.75, 3.05) is 18.5 Å². The number of rotatable bonds is 10. The summed E-state index contributed by atoms with van der Waals surface area (Å²) < 4.78 is 11.5. The predicted molar refractivity (Wildman–Crippen MR) is 118 cm³/mol. The summed E-state index contributed by atoms with van der Waals surface area (Å²) in [5.74, 6) is -1.23. The van der Waals surface area contributed by atoms with Crippen LogP contribution in [0.25, 0.3) is 0 Å². The van der Waals surface area contributed by atoms with E-state index in [1.165, 1.54) is 6.07 Å². The number of hydrogen-bond acceptors (Lipinski definition) is 5. The molecule has 160 valence electrons. The maximum Gasteiger partial charge on any atom is 0.342 e.